The third kappa shape index (κ3) is 4.46. The van der Waals surface area contributed by atoms with Crippen molar-refractivity contribution in [3.05, 3.63) is 18.0 Å². The quantitative estimate of drug-likeness (QED) is 0.889. The van der Waals surface area contributed by atoms with Crippen molar-refractivity contribution in [3.8, 4) is 0 Å². The summed E-state index contributed by atoms with van der Waals surface area (Å²) in [5.74, 6) is 0.639. The van der Waals surface area contributed by atoms with Crippen LogP contribution in [-0.2, 0) is 9.53 Å². The fourth-order valence-corrected chi connectivity index (χ4v) is 3.59. The van der Waals surface area contributed by atoms with E-state index >= 15 is 0 Å². The van der Waals surface area contributed by atoms with Crippen LogP contribution in [0.1, 0.15) is 50.3 Å². The Hall–Kier alpha value is -1.73. The number of carbonyl (C=O) groups is 1. The van der Waals surface area contributed by atoms with Crippen molar-refractivity contribution in [1.82, 2.24) is 14.9 Å². The number of morpholine rings is 1. The third-order valence-electron chi connectivity index (χ3n) is 5.08. The van der Waals surface area contributed by atoms with Crippen LogP contribution in [0.25, 0.3) is 0 Å². The highest BCUT2D eigenvalue weighted by Crippen LogP contribution is 2.32. The van der Waals surface area contributed by atoms with E-state index < -0.39 is 5.60 Å². The summed E-state index contributed by atoms with van der Waals surface area (Å²) in [6.07, 6.45) is 6.29. The Labute approximate surface area is 149 Å². The Kier molecular flexibility index (Phi) is 5.54. The number of aromatic nitrogens is 2. The summed E-state index contributed by atoms with van der Waals surface area (Å²) in [4.78, 5) is 25.1. The third-order valence-corrected chi connectivity index (χ3v) is 5.08. The summed E-state index contributed by atoms with van der Waals surface area (Å²) < 4.78 is 5.83. The van der Waals surface area contributed by atoms with E-state index in [9.17, 15) is 9.90 Å². The normalized spacial score (nSPS) is 23.3. The molecule has 1 unspecified atom stereocenters. The van der Waals surface area contributed by atoms with Gasteiger partial charge in [0.05, 0.1) is 30.9 Å². The molecular weight excluding hydrogens is 320 g/mol. The second-order valence-corrected chi connectivity index (χ2v) is 7.34. The zero-order chi connectivity index (χ0) is 17.9. The van der Waals surface area contributed by atoms with E-state index in [-0.39, 0.29) is 18.4 Å². The predicted octanol–water partition coefficient (Wildman–Crippen LogP) is 1.53. The molecule has 3 rings (SSSR count). The van der Waals surface area contributed by atoms with Crippen molar-refractivity contribution in [2.75, 3.05) is 38.7 Å². The van der Waals surface area contributed by atoms with Crippen LogP contribution in [0.4, 0.5) is 5.95 Å². The van der Waals surface area contributed by atoms with E-state index in [0.717, 1.165) is 37.8 Å². The first-order valence-electron chi connectivity index (χ1n) is 9.09. The summed E-state index contributed by atoms with van der Waals surface area (Å²) in [5.41, 5.74) is -0.0385. The molecule has 1 saturated heterocycles. The van der Waals surface area contributed by atoms with Gasteiger partial charge in [-0.3, -0.25) is 4.79 Å². The number of rotatable bonds is 4. The van der Waals surface area contributed by atoms with Crippen molar-refractivity contribution < 1.29 is 14.6 Å². The molecule has 1 saturated carbocycles. The second kappa shape index (κ2) is 7.66. The van der Waals surface area contributed by atoms with Gasteiger partial charge in [0.2, 0.25) is 11.9 Å². The number of carbonyl (C=O) groups excluding carboxylic acids is 1. The van der Waals surface area contributed by atoms with E-state index in [1.165, 1.54) is 0 Å². The van der Waals surface area contributed by atoms with Gasteiger partial charge in [0.25, 0.3) is 0 Å². The van der Waals surface area contributed by atoms with Gasteiger partial charge in [-0.05, 0) is 18.9 Å². The predicted molar refractivity (Wildman–Crippen MR) is 94.3 cm³/mol. The van der Waals surface area contributed by atoms with E-state index in [1.807, 2.05) is 25.1 Å². The van der Waals surface area contributed by atoms with Gasteiger partial charge in [-0.15, -0.1) is 0 Å². The Morgan fingerprint density at radius 3 is 2.88 bits per heavy atom. The first kappa shape index (κ1) is 18.1. The van der Waals surface area contributed by atoms with Gasteiger partial charge in [-0.1, -0.05) is 19.3 Å². The average Bonchev–Trinajstić information content (AvgIpc) is 2.62. The lowest BCUT2D eigenvalue weighted by atomic mass is 9.82. The van der Waals surface area contributed by atoms with E-state index in [4.69, 9.17) is 4.74 Å². The Balaban J connectivity index is 1.64. The minimum absolute atomic E-state index is 0.0135. The zero-order valence-electron chi connectivity index (χ0n) is 15.1. The fraction of sp³-hybridized carbons (Fsp3) is 0.722. The maximum atomic E-state index is 12.7. The molecule has 0 bridgehead atoms. The lowest BCUT2D eigenvalue weighted by Gasteiger charge is -2.37. The Morgan fingerprint density at radius 2 is 2.16 bits per heavy atom. The lowest BCUT2D eigenvalue weighted by Crippen LogP contribution is -2.46. The van der Waals surface area contributed by atoms with E-state index in [2.05, 4.69) is 9.97 Å². The standard InChI is InChI=1S/C18H28N4O3/c1-21(2)17-19-9-6-14(20-17)15-13-22(10-11-25-15)16(23)12-18(24)7-4-3-5-8-18/h6,9,15,24H,3-5,7-8,10-13H2,1-2H3. The molecular formula is C18H28N4O3. The summed E-state index contributed by atoms with van der Waals surface area (Å²) in [5, 5.41) is 10.6. The first-order valence-corrected chi connectivity index (χ1v) is 9.09. The SMILES string of the molecule is CN(C)c1nccc(C2CN(C(=O)CC3(O)CCCCC3)CCO2)n1. The van der Waals surface area contributed by atoms with Gasteiger partial charge in [0, 0.05) is 26.8 Å². The minimum Gasteiger partial charge on any atom is -0.389 e. The highest BCUT2D eigenvalue weighted by atomic mass is 16.5. The number of aliphatic hydroxyl groups is 1. The van der Waals surface area contributed by atoms with E-state index in [1.54, 1.807) is 11.1 Å². The molecule has 1 aromatic rings. The number of amides is 1. The van der Waals surface area contributed by atoms with Crippen molar-refractivity contribution in [3.63, 3.8) is 0 Å². The number of nitrogens with zero attached hydrogens (tertiary/aromatic N) is 4. The van der Waals surface area contributed by atoms with Gasteiger partial charge in [-0.2, -0.15) is 0 Å². The fourth-order valence-electron chi connectivity index (χ4n) is 3.59. The molecule has 1 atom stereocenters. The monoisotopic (exact) mass is 348 g/mol. The molecule has 0 radical (unpaired) electrons. The summed E-state index contributed by atoms with van der Waals surface area (Å²) in [7, 11) is 3.78. The van der Waals surface area contributed by atoms with Gasteiger partial charge in [0.15, 0.2) is 0 Å². The van der Waals surface area contributed by atoms with Crippen LogP contribution in [-0.4, -0.2) is 65.3 Å². The summed E-state index contributed by atoms with van der Waals surface area (Å²) >= 11 is 0. The molecule has 1 amide bonds. The highest BCUT2D eigenvalue weighted by molar-refractivity contribution is 5.77. The zero-order valence-corrected chi connectivity index (χ0v) is 15.1. The molecule has 0 spiro atoms. The summed E-state index contributed by atoms with van der Waals surface area (Å²) in [6.45, 7) is 1.52. The van der Waals surface area contributed by atoms with Crippen LogP contribution >= 0.6 is 0 Å². The summed E-state index contributed by atoms with van der Waals surface area (Å²) in [6, 6.07) is 1.83. The van der Waals surface area contributed by atoms with Crippen molar-refractivity contribution in [1.29, 1.82) is 0 Å². The number of ether oxygens (including phenoxy) is 1. The highest BCUT2D eigenvalue weighted by Gasteiger charge is 2.35. The Bertz CT molecular complexity index is 602. The molecule has 2 aliphatic rings. The molecule has 7 heteroatoms. The molecule has 25 heavy (non-hydrogen) atoms. The largest absolute Gasteiger partial charge is 0.389 e. The second-order valence-electron chi connectivity index (χ2n) is 7.34. The average molecular weight is 348 g/mol. The van der Waals surface area contributed by atoms with Crippen LogP contribution in [0.3, 0.4) is 0 Å². The molecule has 0 aromatic carbocycles. The van der Waals surface area contributed by atoms with Crippen molar-refractivity contribution >= 4 is 11.9 Å². The van der Waals surface area contributed by atoms with Crippen LogP contribution in [0.5, 0.6) is 0 Å². The van der Waals surface area contributed by atoms with Gasteiger partial charge < -0.3 is 19.6 Å². The lowest BCUT2D eigenvalue weighted by molar-refractivity contribution is -0.145. The Morgan fingerprint density at radius 1 is 1.40 bits per heavy atom. The number of anilines is 1. The maximum absolute atomic E-state index is 12.7. The first-order chi connectivity index (χ1) is 12.0. The minimum atomic E-state index is -0.823. The molecule has 7 nitrogen and oxygen atoms in total. The van der Waals surface area contributed by atoms with Crippen LogP contribution in [0, 0.1) is 0 Å². The van der Waals surface area contributed by atoms with Crippen LogP contribution in [0.15, 0.2) is 12.3 Å². The van der Waals surface area contributed by atoms with Gasteiger partial charge in [-0.25, -0.2) is 9.97 Å². The maximum Gasteiger partial charge on any atom is 0.225 e. The molecule has 1 N–H and O–H groups in total. The molecule has 138 valence electrons. The molecule has 1 aliphatic carbocycles. The molecule has 2 fully saturated rings. The molecule has 1 aromatic heterocycles. The molecule has 2 heterocycles. The number of hydrogen-bond donors (Lipinski definition) is 1. The van der Waals surface area contributed by atoms with Crippen molar-refractivity contribution in [2.24, 2.45) is 0 Å². The van der Waals surface area contributed by atoms with Gasteiger partial charge >= 0.3 is 0 Å². The van der Waals surface area contributed by atoms with Crippen LogP contribution in [0.2, 0.25) is 0 Å². The smallest absolute Gasteiger partial charge is 0.225 e. The van der Waals surface area contributed by atoms with Crippen molar-refractivity contribution in [2.45, 2.75) is 50.2 Å². The van der Waals surface area contributed by atoms with Crippen LogP contribution < -0.4 is 4.90 Å². The number of hydrogen-bond acceptors (Lipinski definition) is 6. The van der Waals surface area contributed by atoms with Gasteiger partial charge in [0.1, 0.15) is 6.10 Å². The molecule has 1 aliphatic heterocycles. The van der Waals surface area contributed by atoms with E-state index in [0.29, 0.717) is 25.6 Å². The topological polar surface area (TPSA) is 78.8 Å².